The molecule has 2 fully saturated rings. The first kappa shape index (κ1) is 16.4. The topological polar surface area (TPSA) is 80.5 Å². The molecule has 1 aromatic heterocycles. The monoisotopic (exact) mass is 322 g/mol. The Labute approximate surface area is 136 Å². The summed E-state index contributed by atoms with van der Waals surface area (Å²) < 4.78 is 10.6. The summed E-state index contributed by atoms with van der Waals surface area (Å²) in [6, 6.07) is 0.0896. The van der Waals surface area contributed by atoms with Crippen LogP contribution in [0.3, 0.4) is 0 Å². The zero-order valence-electron chi connectivity index (χ0n) is 14.0. The number of amides is 1. The molecule has 2 aliphatic heterocycles. The number of aromatic nitrogens is 2. The molecule has 3 heterocycles. The number of hydrogen-bond donors (Lipinski definition) is 1. The van der Waals surface area contributed by atoms with Crippen molar-refractivity contribution >= 4 is 5.91 Å². The Morgan fingerprint density at radius 1 is 1.43 bits per heavy atom. The molecular formula is C16H26N4O3. The van der Waals surface area contributed by atoms with Crippen molar-refractivity contribution in [3.05, 3.63) is 11.7 Å². The Bertz CT molecular complexity index is 525. The molecule has 1 aromatic rings. The Morgan fingerprint density at radius 2 is 2.30 bits per heavy atom. The van der Waals surface area contributed by atoms with Crippen LogP contribution in [0, 0.1) is 5.92 Å². The van der Waals surface area contributed by atoms with Gasteiger partial charge in [-0.3, -0.25) is 9.69 Å². The molecule has 2 atom stereocenters. The van der Waals surface area contributed by atoms with E-state index in [-0.39, 0.29) is 17.9 Å². The zero-order chi connectivity index (χ0) is 16.2. The molecule has 0 saturated carbocycles. The minimum Gasteiger partial charge on any atom is -0.381 e. The summed E-state index contributed by atoms with van der Waals surface area (Å²) in [4.78, 5) is 18.8. The third-order valence-electron chi connectivity index (χ3n) is 4.57. The quantitative estimate of drug-likeness (QED) is 0.854. The van der Waals surface area contributed by atoms with Crippen LogP contribution >= 0.6 is 0 Å². The van der Waals surface area contributed by atoms with E-state index in [9.17, 15) is 4.79 Å². The van der Waals surface area contributed by atoms with Crippen LogP contribution in [0.4, 0.5) is 0 Å². The highest BCUT2D eigenvalue weighted by molar-refractivity contribution is 5.78. The maximum atomic E-state index is 12.2. The molecule has 2 saturated heterocycles. The van der Waals surface area contributed by atoms with E-state index in [4.69, 9.17) is 9.26 Å². The number of carbonyl (C=O) groups is 1. The fraction of sp³-hybridized carbons (Fsp3) is 0.812. The van der Waals surface area contributed by atoms with Gasteiger partial charge in [-0.05, 0) is 25.8 Å². The van der Waals surface area contributed by atoms with E-state index in [1.54, 1.807) is 0 Å². The molecule has 128 valence electrons. The normalized spacial score (nSPS) is 25.3. The minimum absolute atomic E-state index is 0.0661. The predicted octanol–water partition coefficient (Wildman–Crippen LogP) is 1.48. The maximum Gasteiger partial charge on any atom is 0.234 e. The second-order valence-corrected chi connectivity index (χ2v) is 6.81. The van der Waals surface area contributed by atoms with Crippen LogP contribution in [0.15, 0.2) is 4.52 Å². The Morgan fingerprint density at radius 3 is 3.00 bits per heavy atom. The fourth-order valence-corrected chi connectivity index (χ4v) is 3.17. The lowest BCUT2D eigenvalue weighted by molar-refractivity contribution is -0.122. The van der Waals surface area contributed by atoms with Gasteiger partial charge in [0, 0.05) is 25.0 Å². The molecule has 0 radical (unpaired) electrons. The van der Waals surface area contributed by atoms with Crippen LogP contribution in [0.25, 0.3) is 0 Å². The van der Waals surface area contributed by atoms with E-state index in [1.165, 1.54) is 0 Å². The number of hydrogen-bond acceptors (Lipinski definition) is 6. The van der Waals surface area contributed by atoms with Gasteiger partial charge in [0.15, 0.2) is 5.82 Å². The first-order valence-electron chi connectivity index (χ1n) is 8.55. The predicted molar refractivity (Wildman–Crippen MR) is 83.9 cm³/mol. The van der Waals surface area contributed by atoms with Crippen molar-refractivity contribution < 1.29 is 14.1 Å². The summed E-state index contributed by atoms with van der Waals surface area (Å²) in [6.07, 6.45) is 3.06. The Balaban J connectivity index is 1.52. The summed E-state index contributed by atoms with van der Waals surface area (Å²) in [5.74, 6) is 2.12. The van der Waals surface area contributed by atoms with Gasteiger partial charge >= 0.3 is 0 Å². The van der Waals surface area contributed by atoms with E-state index >= 15 is 0 Å². The van der Waals surface area contributed by atoms with Gasteiger partial charge in [-0.15, -0.1) is 0 Å². The van der Waals surface area contributed by atoms with Gasteiger partial charge in [0.1, 0.15) is 0 Å². The molecule has 0 spiro atoms. The average molecular weight is 322 g/mol. The third kappa shape index (κ3) is 4.09. The number of likely N-dealkylation sites (tertiary alicyclic amines) is 1. The largest absolute Gasteiger partial charge is 0.381 e. The standard InChI is InChI=1S/C16H26N4O3/c1-11(2)16-18-15(19-23-16)13-4-3-6-20(13)9-14(21)17-8-12-5-7-22-10-12/h11-13H,3-10H2,1-2H3,(H,17,21)/t12-,13+/m0/s1. The summed E-state index contributed by atoms with van der Waals surface area (Å²) in [5, 5.41) is 7.13. The third-order valence-corrected chi connectivity index (χ3v) is 4.57. The van der Waals surface area contributed by atoms with Crippen molar-refractivity contribution in [1.29, 1.82) is 0 Å². The highest BCUT2D eigenvalue weighted by Gasteiger charge is 2.31. The Kier molecular flexibility index (Phi) is 5.27. The summed E-state index contributed by atoms with van der Waals surface area (Å²) >= 11 is 0. The molecule has 0 aliphatic carbocycles. The SMILES string of the molecule is CC(C)c1nc([C@H]2CCCN2CC(=O)NC[C@@H]2CCOC2)no1. The molecule has 1 N–H and O–H groups in total. The van der Waals surface area contributed by atoms with E-state index in [0.29, 0.717) is 30.7 Å². The van der Waals surface area contributed by atoms with Crippen molar-refractivity contribution in [3.63, 3.8) is 0 Å². The lowest BCUT2D eigenvalue weighted by Gasteiger charge is -2.21. The van der Waals surface area contributed by atoms with Crippen molar-refractivity contribution in [1.82, 2.24) is 20.4 Å². The lowest BCUT2D eigenvalue weighted by Crippen LogP contribution is -2.39. The fourth-order valence-electron chi connectivity index (χ4n) is 3.17. The van der Waals surface area contributed by atoms with Crippen molar-refractivity contribution in [2.75, 3.05) is 32.8 Å². The van der Waals surface area contributed by atoms with Crippen LogP contribution in [0.1, 0.15) is 56.8 Å². The first-order valence-corrected chi connectivity index (χ1v) is 8.55. The second kappa shape index (κ2) is 7.40. The van der Waals surface area contributed by atoms with E-state index in [1.807, 2.05) is 13.8 Å². The molecular weight excluding hydrogens is 296 g/mol. The minimum atomic E-state index is 0.0661. The van der Waals surface area contributed by atoms with Gasteiger partial charge in [0.05, 0.1) is 19.2 Å². The first-order chi connectivity index (χ1) is 11.1. The van der Waals surface area contributed by atoms with E-state index in [0.717, 1.165) is 39.0 Å². The number of nitrogens with zero attached hydrogens (tertiary/aromatic N) is 3. The molecule has 7 nitrogen and oxygen atoms in total. The van der Waals surface area contributed by atoms with Gasteiger partial charge in [0.25, 0.3) is 0 Å². The van der Waals surface area contributed by atoms with Crippen LogP contribution in [-0.2, 0) is 9.53 Å². The molecule has 7 heteroatoms. The van der Waals surface area contributed by atoms with E-state index < -0.39 is 0 Å². The van der Waals surface area contributed by atoms with Crippen LogP contribution in [0.2, 0.25) is 0 Å². The van der Waals surface area contributed by atoms with Crippen molar-refractivity contribution in [2.45, 2.75) is 45.1 Å². The molecule has 3 rings (SSSR count). The second-order valence-electron chi connectivity index (χ2n) is 6.81. The van der Waals surface area contributed by atoms with Gasteiger partial charge in [-0.25, -0.2) is 0 Å². The molecule has 0 bridgehead atoms. The lowest BCUT2D eigenvalue weighted by atomic mass is 10.1. The highest BCUT2D eigenvalue weighted by atomic mass is 16.5. The van der Waals surface area contributed by atoms with Gasteiger partial charge in [0.2, 0.25) is 11.8 Å². The zero-order valence-corrected chi connectivity index (χ0v) is 14.0. The van der Waals surface area contributed by atoms with Crippen molar-refractivity contribution in [3.8, 4) is 0 Å². The Hall–Kier alpha value is -1.47. The smallest absolute Gasteiger partial charge is 0.234 e. The van der Waals surface area contributed by atoms with Crippen LogP contribution < -0.4 is 5.32 Å². The average Bonchev–Trinajstić information content (AvgIpc) is 3.26. The molecule has 0 unspecified atom stereocenters. The van der Waals surface area contributed by atoms with Gasteiger partial charge in [-0.1, -0.05) is 19.0 Å². The van der Waals surface area contributed by atoms with Gasteiger partial charge < -0.3 is 14.6 Å². The number of ether oxygens (including phenoxy) is 1. The van der Waals surface area contributed by atoms with Crippen molar-refractivity contribution in [2.24, 2.45) is 5.92 Å². The van der Waals surface area contributed by atoms with Crippen LogP contribution in [-0.4, -0.2) is 53.8 Å². The summed E-state index contributed by atoms with van der Waals surface area (Å²) in [6.45, 7) is 7.63. The molecule has 0 aromatic carbocycles. The van der Waals surface area contributed by atoms with Crippen LogP contribution in [0.5, 0.6) is 0 Å². The number of carbonyl (C=O) groups excluding carboxylic acids is 1. The highest BCUT2D eigenvalue weighted by Crippen LogP contribution is 2.30. The van der Waals surface area contributed by atoms with E-state index in [2.05, 4.69) is 20.4 Å². The number of rotatable bonds is 6. The maximum absolute atomic E-state index is 12.2. The molecule has 23 heavy (non-hydrogen) atoms. The summed E-state index contributed by atoms with van der Waals surface area (Å²) in [5.41, 5.74) is 0. The molecule has 2 aliphatic rings. The molecule has 1 amide bonds. The summed E-state index contributed by atoms with van der Waals surface area (Å²) in [7, 11) is 0. The number of nitrogens with one attached hydrogen (secondary N) is 1. The van der Waals surface area contributed by atoms with Gasteiger partial charge in [-0.2, -0.15) is 4.98 Å².